The zero-order valence-electron chi connectivity index (χ0n) is 9.56. The quantitative estimate of drug-likeness (QED) is 0.776. The fourth-order valence-electron chi connectivity index (χ4n) is 1.54. The van der Waals surface area contributed by atoms with Crippen LogP contribution in [0.15, 0.2) is 30.3 Å². The number of methoxy groups -OCH3 is 1. The maximum Gasteiger partial charge on any atom is 0.328 e. The fourth-order valence-corrected chi connectivity index (χ4v) is 1.54. The average Bonchev–Trinajstić information content (AvgIpc) is 2.28. The number of rotatable bonds is 5. The lowest BCUT2D eigenvalue weighted by molar-refractivity contribution is -0.131. The van der Waals surface area contributed by atoms with Gasteiger partial charge in [0.1, 0.15) is 5.75 Å². The lowest BCUT2D eigenvalue weighted by Crippen LogP contribution is -1.93. The Morgan fingerprint density at radius 2 is 2.25 bits per heavy atom. The summed E-state index contributed by atoms with van der Waals surface area (Å²) in [6.45, 7) is 2.02. The molecule has 0 heterocycles. The summed E-state index contributed by atoms with van der Waals surface area (Å²) >= 11 is 0. The maximum absolute atomic E-state index is 10.7. The number of benzene rings is 1. The minimum absolute atomic E-state index is 0.741. The van der Waals surface area contributed by atoms with E-state index in [0.29, 0.717) is 0 Å². The van der Waals surface area contributed by atoms with Crippen LogP contribution in [-0.4, -0.2) is 18.2 Å². The molecule has 86 valence electrons. The molecule has 0 bridgehead atoms. The highest BCUT2D eigenvalue weighted by Gasteiger charge is 2.04. The van der Waals surface area contributed by atoms with Crippen LogP contribution in [0, 0.1) is 0 Å². The minimum atomic E-state index is -0.911. The molecule has 16 heavy (non-hydrogen) atoms. The monoisotopic (exact) mass is 220 g/mol. The van der Waals surface area contributed by atoms with Crippen molar-refractivity contribution in [1.82, 2.24) is 0 Å². The Labute approximate surface area is 95.4 Å². The van der Waals surface area contributed by atoms with E-state index in [2.05, 4.69) is 0 Å². The standard InChI is InChI=1S/C13H16O3/c1-3-5-10(9-13(14)15)11-6-4-7-12(8-11)16-2/h4,6-9H,3,5H2,1-2H3,(H,14,15)/b10-9+. The third-order valence-corrected chi connectivity index (χ3v) is 2.26. The van der Waals surface area contributed by atoms with Crippen LogP contribution in [0.5, 0.6) is 5.75 Å². The molecule has 0 unspecified atom stereocenters. The van der Waals surface area contributed by atoms with E-state index in [1.54, 1.807) is 7.11 Å². The van der Waals surface area contributed by atoms with Crippen molar-refractivity contribution in [3.63, 3.8) is 0 Å². The number of hydrogen-bond acceptors (Lipinski definition) is 2. The van der Waals surface area contributed by atoms with Crippen molar-refractivity contribution >= 4 is 11.5 Å². The molecule has 0 aliphatic rings. The van der Waals surface area contributed by atoms with E-state index < -0.39 is 5.97 Å². The molecular weight excluding hydrogens is 204 g/mol. The smallest absolute Gasteiger partial charge is 0.328 e. The second-order valence-corrected chi connectivity index (χ2v) is 3.49. The van der Waals surface area contributed by atoms with Gasteiger partial charge in [0.25, 0.3) is 0 Å². The molecule has 1 aromatic carbocycles. The summed E-state index contributed by atoms with van der Waals surface area (Å²) in [5.74, 6) is -0.170. The van der Waals surface area contributed by atoms with Gasteiger partial charge in [0.15, 0.2) is 0 Å². The first-order chi connectivity index (χ1) is 7.67. The number of hydrogen-bond donors (Lipinski definition) is 1. The molecule has 1 N–H and O–H groups in total. The number of allylic oxidation sites excluding steroid dienone is 1. The van der Waals surface area contributed by atoms with Gasteiger partial charge in [0, 0.05) is 6.08 Å². The van der Waals surface area contributed by atoms with Crippen LogP contribution in [0.4, 0.5) is 0 Å². The molecule has 0 aliphatic carbocycles. The summed E-state index contributed by atoms with van der Waals surface area (Å²) < 4.78 is 5.11. The molecule has 0 saturated carbocycles. The Hall–Kier alpha value is -1.77. The van der Waals surface area contributed by atoms with Crippen LogP contribution >= 0.6 is 0 Å². The third kappa shape index (κ3) is 3.42. The van der Waals surface area contributed by atoms with Crippen molar-refractivity contribution in [2.24, 2.45) is 0 Å². The van der Waals surface area contributed by atoms with Crippen LogP contribution < -0.4 is 4.74 Å². The summed E-state index contributed by atoms with van der Waals surface area (Å²) in [7, 11) is 1.60. The summed E-state index contributed by atoms with van der Waals surface area (Å²) in [5, 5.41) is 8.79. The van der Waals surface area contributed by atoms with Gasteiger partial charge in [-0.15, -0.1) is 0 Å². The Bertz CT molecular complexity index is 394. The van der Waals surface area contributed by atoms with Gasteiger partial charge in [-0.2, -0.15) is 0 Å². The van der Waals surface area contributed by atoms with E-state index in [1.807, 2.05) is 31.2 Å². The van der Waals surface area contributed by atoms with E-state index >= 15 is 0 Å². The van der Waals surface area contributed by atoms with Gasteiger partial charge < -0.3 is 9.84 Å². The molecule has 0 fully saturated rings. The number of ether oxygens (including phenoxy) is 1. The minimum Gasteiger partial charge on any atom is -0.497 e. The van der Waals surface area contributed by atoms with Crippen molar-refractivity contribution in [1.29, 1.82) is 0 Å². The Balaban J connectivity index is 3.05. The first kappa shape index (κ1) is 12.3. The number of carbonyl (C=O) groups is 1. The molecule has 0 aromatic heterocycles. The Morgan fingerprint density at radius 3 is 2.81 bits per heavy atom. The molecule has 1 aromatic rings. The molecule has 0 amide bonds. The Kier molecular flexibility index (Phi) is 4.58. The average molecular weight is 220 g/mol. The topological polar surface area (TPSA) is 46.5 Å². The third-order valence-electron chi connectivity index (χ3n) is 2.26. The SMILES string of the molecule is CCC/C(=C\C(=O)O)c1cccc(OC)c1. The van der Waals surface area contributed by atoms with Crippen molar-refractivity contribution in [2.75, 3.05) is 7.11 Å². The highest BCUT2D eigenvalue weighted by Crippen LogP contribution is 2.23. The molecule has 3 nitrogen and oxygen atoms in total. The van der Waals surface area contributed by atoms with Gasteiger partial charge in [-0.05, 0) is 29.7 Å². The zero-order chi connectivity index (χ0) is 12.0. The maximum atomic E-state index is 10.7. The largest absolute Gasteiger partial charge is 0.497 e. The summed E-state index contributed by atoms with van der Waals surface area (Å²) in [6.07, 6.45) is 2.92. The lowest BCUT2D eigenvalue weighted by Gasteiger charge is -2.07. The second kappa shape index (κ2) is 5.95. The van der Waals surface area contributed by atoms with Crippen molar-refractivity contribution in [3.05, 3.63) is 35.9 Å². The molecule has 3 heteroatoms. The van der Waals surface area contributed by atoms with Gasteiger partial charge in [0.2, 0.25) is 0 Å². The predicted octanol–water partition coefficient (Wildman–Crippen LogP) is 2.96. The predicted molar refractivity (Wildman–Crippen MR) is 63.5 cm³/mol. The van der Waals surface area contributed by atoms with Crippen LogP contribution in [-0.2, 0) is 4.79 Å². The van der Waals surface area contributed by atoms with E-state index in [4.69, 9.17) is 9.84 Å². The normalized spacial score (nSPS) is 11.2. The van der Waals surface area contributed by atoms with E-state index in [9.17, 15) is 4.79 Å². The highest BCUT2D eigenvalue weighted by atomic mass is 16.5. The molecule has 1 rings (SSSR count). The summed E-state index contributed by atoms with van der Waals surface area (Å²) in [6, 6.07) is 7.45. The van der Waals surface area contributed by atoms with Crippen LogP contribution in [0.25, 0.3) is 5.57 Å². The lowest BCUT2D eigenvalue weighted by atomic mass is 10.0. The van der Waals surface area contributed by atoms with Gasteiger partial charge >= 0.3 is 5.97 Å². The second-order valence-electron chi connectivity index (χ2n) is 3.49. The van der Waals surface area contributed by atoms with Gasteiger partial charge in [0.05, 0.1) is 7.11 Å². The summed E-state index contributed by atoms with van der Waals surface area (Å²) in [4.78, 5) is 10.7. The Morgan fingerprint density at radius 1 is 1.50 bits per heavy atom. The van der Waals surface area contributed by atoms with Gasteiger partial charge in [-0.1, -0.05) is 25.5 Å². The van der Waals surface area contributed by atoms with Gasteiger partial charge in [-0.25, -0.2) is 4.79 Å². The van der Waals surface area contributed by atoms with E-state index in [-0.39, 0.29) is 0 Å². The number of aliphatic carboxylic acids is 1. The molecule has 0 spiro atoms. The van der Waals surface area contributed by atoms with Crippen LogP contribution in [0.1, 0.15) is 25.3 Å². The van der Waals surface area contributed by atoms with Crippen molar-refractivity contribution in [3.8, 4) is 5.75 Å². The molecule has 0 aliphatic heterocycles. The van der Waals surface area contributed by atoms with E-state index in [1.165, 1.54) is 6.08 Å². The van der Waals surface area contributed by atoms with Crippen LogP contribution in [0.2, 0.25) is 0 Å². The van der Waals surface area contributed by atoms with E-state index in [0.717, 1.165) is 29.7 Å². The highest BCUT2D eigenvalue weighted by molar-refractivity contribution is 5.90. The first-order valence-corrected chi connectivity index (χ1v) is 5.25. The zero-order valence-corrected chi connectivity index (χ0v) is 9.56. The number of carboxylic acid groups (broad SMARTS) is 1. The van der Waals surface area contributed by atoms with Gasteiger partial charge in [-0.3, -0.25) is 0 Å². The molecule has 0 radical (unpaired) electrons. The molecule has 0 atom stereocenters. The van der Waals surface area contributed by atoms with Crippen molar-refractivity contribution in [2.45, 2.75) is 19.8 Å². The summed E-state index contributed by atoms with van der Waals surface area (Å²) in [5.41, 5.74) is 1.73. The first-order valence-electron chi connectivity index (χ1n) is 5.25. The number of carboxylic acids is 1. The fraction of sp³-hybridized carbons (Fsp3) is 0.308. The van der Waals surface area contributed by atoms with Crippen molar-refractivity contribution < 1.29 is 14.6 Å². The van der Waals surface area contributed by atoms with Crippen LogP contribution in [0.3, 0.4) is 0 Å². The molecular formula is C13H16O3. The molecule has 0 saturated heterocycles.